The number of hydrogen-bond acceptors (Lipinski definition) is 6. The molecule has 9 nitrogen and oxygen atoms in total. The average Bonchev–Trinajstić information content (AvgIpc) is 3.13. The molecule has 2 unspecified atom stereocenters. The molecule has 0 aliphatic heterocycles. The van der Waals surface area contributed by atoms with Crippen LogP contribution in [-0.4, -0.2) is 51.5 Å². The van der Waals surface area contributed by atoms with Gasteiger partial charge in [0.05, 0.1) is 6.61 Å². The molecule has 2 amide bonds. The molecule has 0 radical (unpaired) electrons. The van der Waals surface area contributed by atoms with E-state index >= 15 is 0 Å². The molecule has 0 saturated heterocycles. The lowest BCUT2D eigenvalue weighted by Gasteiger charge is -2.22. The molecule has 3 aromatic carbocycles. The number of rotatable bonds is 18. The summed E-state index contributed by atoms with van der Waals surface area (Å²) >= 11 is 0. The molecular formula is C42H52N4O5. The number of unbranched alkanes of at least 4 members (excludes halogenated alkanes) is 4. The Labute approximate surface area is 302 Å². The number of aromatic nitrogens is 2. The number of carbonyl (C=O) groups excluding carboxylic acids is 2. The van der Waals surface area contributed by atoms with E-state index in [9.17, 15) is 19.5 Å². The Morgan fingerprint density at radius 3 is 1.94 bits per heavy atom. The van der Waals surface area contributed by atoms with E-state index in [0.717, 1.165) is 46.6 Å². The van der Waals surface area contributed by atoms with E-state index < -0.39 is 29.9 Å². The largest absolute Gasteiger partial charge is 0.494 e. The fraction of sp³-hybridized carbons (Fsp3) is 0.405. The Kier molecular flexibility index (Phi) is 14.3. The fourth-order valence-corrected chi connectivity index (χ4v) is 5.68. The zero-order valence-corrected chi connectivity index (χ0v) is 30.6. The van der Waals surface area contributed by atoms with Crippen molar-refractivity contribution in [3.8, 4) is 28.3 Å². The average molecular weight is 693 g/mol. The lowest BCUT2D eigenvalue weighted by Crippen LogP contribution is -2.52. The molecule has 270 valence electrons. The van der Waals surface area contributed by atoms with Crippen molar-refractivity contribution < 1.29 is 24.2 Å². The molecular weight excluding hydrogens is 640 g/mol. The number of carboxylic acid groups (broad SMARTS) is 1. The predicted octanol–water partition coefficient (Wildman–Crippen LogP) is 8.17. The van der Waals surface area contributed by atoms with Crippen LogP contribution >= 0.6 is 0 Å². The normalized spacial score (nSPS) is 12.5. The van der Waals surface area contributed by atoms with Crippen molar-refractivity contribution in [3.63, 3.8) is 0 Å². The number of benzene rings is 3. The van der Waals surface area contributed by atoms with Gasteiger partial charge in [0.1, 0.15) is 17.8 Å². The number of amides is 2. The van der Waals surface area contributed by atoms with Gasteiger partial charge >= 0.3 is 5.97 Å². The number of nitrogens with zero attached hydrogens (tertiary/aromatic N) is 2. The lowest BCUT2D eigenvalue weighted by molar-refractivity contribution is -0.142. The first kappa shape index (κ1) is 38.7. The van der Waals surface area contributed by atoms with E-state index in [-0.39, 0.29) is 18.3 Å². The highest BCUT2D eigenvalue weighted by Gasteiger charge is 2.27. The first-order valence-corrected chi connectivity index (χ1v) is 18.1. The van der Waals surface area contributed by atoms with Gasteiger partial charge < -0.3 is 20.5 Å². The summed E-state index contributed by atoms with van der Waals surface area (Å²) in [6.07, 6.45) is 10.6. The number of hydrogen-bond donors (Lipinski definition) is 3. The molecule has 3 N–H and O–H groups in total. The second-order valence-corrected chi connectivity index (χ2v) is 14.0. The minimum atomic E-state index is -1.11. The summed E-state index contributed by atoms with van der Waals surface area (Å²) in [4.78, 5) is 47.7. The first-order valence-electron chi connectivity index (χ1n) is 18.1. The third-order valence-corrected chi connectivity index (χ3v) is 8.83. The van der Waals surface area contributed by atoms with Crippen LogP contribution in [0.25, 0.3) is 22.5 Å². The Morgan fingerprint density at radius 2 is 1.35 bits per heavy atom. The van der Waals surface area contributed by atoms with Crippen molar-refractivity contribution in [2.75, 3.05) is 6.61 Å². The molecule has 0 aliphatic rings. The highest BCUT2D eigenvalue weighted by molar-refractivity contribution is 5.98. The summed E-state index contributed by atoms with van der Waals surface area (Å²) in [5.74, 6) is -0.677. The minimum absolute atomic E-state index is 0.0729. The van der Waals surface area contributed by atoms with E-state index in [1.807, 2.05) is 67.6 Å². The van der Waals surface area contributed by atoms with E-state index in [4.69, 9.17) is 4.74 Å². The third kappa shape index (κ3) is 11.8. The Balaban J connectivity index is 1.42. The summed E-state index contributed by atoms with van der Waals surface area (Å²) in [7, 11) is 0. The SMILES string of the molecule is CCCCCCCOc1ccc(-c2cnc(-c3ccc(CC(NC(=O)c4ccc(C(C)(C)C)cc4)C(=O)NC(CCC)C(=O)O)cc3)nc2)cc1. The molecule has 0 bridgehead atoms. The van der Waals surface area contributed by atoms with Gasteiger partial charge in [-0.15, -0.1) is 0 Å². The highest BCUT2D eigenvalue weighted by atomic mass is 16.5. The predicted molar refractivity (Wildman–Crippen MR) is 202 cm³/mol. The van der Waals surface area contributed by atoms with Crippen LogP contribution in [0, 0.1) is 0 Å². The maximum atomic E-state index is 13.4. The zero-order chi connectivity index (χ0) is 36.8. The molecule has 4 rings (SSSR count). The van der Waals surface area contributed by atoms with Gasteiger partial charge in [0, 0.05) is 35.5 Å². The van der Waals surface area contributed by atoms with Crippen LogP contribution in [-0.2, 0) is 21.4 Å². The smallest absolute Gasteiger partial charge is 0.326 e. The molecule has 0 saturated carbocycles. The van der Waals surface area contributed by atoms with Gasteiger partial charge in [0.15, 0.2) is 5.82 Å². The monoisotopic (exact) mass is 692 g/mol. The number of carbonyl (C=O) groups is 3. The molecule has 1 heterocycles. The van der Waals surface area contributed by atoms with E-state index in [0.29, 0.717) is 17.8 Å². The van der Waals surface area contributed by atoms with Gasteiger partial charge in [-0.05, 0) is 59.2 Å². The number of ether oxygens (including phenoxy) is 1. The number of nitrogens with one attached hydrogen (secondary N) is 2. The summed E-state index contributed by atoms with van der Waals surface area (Å²) in [6, 6.07) is 20.7. The summed E-state index contributed by atoms with van der Waals surface area (Å²) in [6.45, 7) is 11.1. The van der Waals surface area contributed by atoms with Crippen molar-refractivity contribution in [2.24, 2.45) is 0 Å². The van der Waals surface area contributed by atoms with Crippen molar-refractivity contribution in [1.29, 1.82) is 0 Å². The molecule has 4 aromatic rings. The van der Waals surface area contributed by atoms with Gasteiger partial charge in [-0.25, -0.2) is 14.8 Å². The van der Waals surface area contributed by atoms with Crippen LogP contribution in [0.4, 0.5) is 0 Å². The Hall–Kier alpha value is -5.05. The molecule has 9 heteroatoms. The van der Waals surface area contributed by atoms with E-state index in [1.54, 1.807) is 24.5 Å². The quantitative estimate of drug-likeness (QED) is 0.0897. The van der Waals surface area contributed by atoms with Crippen molar-refractivity contribution in [3.05, 3.63) is 102 Å². The van der Waals surface area contributed by atoms with Crippen LogP contribution in [0.1, 0.15) is 101 Å². The van der Waals surface area contributed by atoms with Gasteiger partial charge in [-0.2, -0.15) is 0 Å². The molecule has 1 aromatic heterocycles. The van der Waals surface area contributed by atoms with Crippen molar-refractivity contribution in [1.82, 2.24) is 20.6 Å². The van der Waals surface area contributed by atoms with Crippen LogP contribution in [0.5, 0.6) is 5.75 Å². The Morgan fingerprint density at radius 1 is 0.725 bits per heavy atom. The topological polar surface area (TPSA) is 131 Å². The molecule has 0 fully saturated rings. The third-order valence-electron chi connectivity index (χ3n) is 8.83. The van der Waals surface area contributed by atoms with Crippen LogP contribution in [0.2, 0.25) is 0 Å². The first-order chi connectivity index (χ1) is 24.5. The zero-order valence-electron chi connectivity index (χ0n) is 30.6. The van der Waals surface area contributed by atoms with Crippen LogP contribution < -0.4 is 15.4 Å². The number of aliphatic carboxylic acids is 1. The Bertz CT molecular complexity index is 1700. The maximum absolute atomic E-state index is 13.4. The maximum Gasteiger partial charge on any atom is 0.326 e. The van der Waals surface area contributed by atoms with E-state index in [1.165, 1.54) is 25.7 Å². The van der Waals surface area contributed by atoms with Crippen molar-refractivity contribution in [2.45, 2.75) is 103 Å². The van der Waals surface area contributed by atoms with Gasteiger partial charge in [0.2, 0.25) is 5.91 Å². The summed E-state index contributed by atoms with van der Waals surface area (Å²) < 4.78 is 5.89. The highest BCUT2D eigenvalue weighted by Crippen LogP contribution is 2.25. The molecule has 0 spiro atoms. The van der Waals surface area contributed by atoms with E-state index in [2.05, 4.69) is 48.3 Å². The lowest BCUT2D eigenvalue weighted by atomic mass is 9.86. The summed E-state index contributed by atoms with van der Waals surface area (Å²) in [5, 5.41) is 15.1. The molecule has 0 aliphatic carbocycles. The van der Waals surface area contributed by atoms with Crippen molar-refractivity contribution >= 4 is 17.8 Å². The van der Waals surface area contributed by atoms with Gasteiger partial charge in [-0.3, -0.25) is 9.59 Å². The molecule has 51 heavy (non-hydrogen) atoms. The summed E-state index contributed by atoms with van der Waals surface area (Å²) in [5.41, 5.74) is 4.89. The minimum Gasteiger partial charge on any atom is -0.494 e. The fourth-order valence-electron chi connectivity index (χ4n) is 5.68. The second kappa shape index (κ2) is 18.8. The molecule has 2 atom stereocenters. The van der Waals surface area contributed by atoms with Crippen LogP contribution in [0.15, 0.2) is 85.2 Å². The van der Waals surface area contributed by atoms with Gasteiger partial charge in [0.25, 0.3) is 5.91 Å². The van der Waals surface area contributed by atoms with Gasteiger partial charge in [-0.1, -0.05) is 115 Å². The standard InChI is InChI=1S/C42H52N4O5/c1-6-8-9-10-11-25-51-35-23-19-30(20-24-35)33-27-43-38(44-28-33)31-15-13-29(14-16-31)26-37(40(48)45-36(12-7-2)41(49)50)46-39(47)32-17-21-34(22-18-32)42(3,4)5/h13-24,27-28,36-37H,6-12,25-26H2,1-5H3,(H,45,48)(H,46,47)(H,49,50). The second-order valence-electron chi connectivity index (χ2n) is 14.0. The van der Waals surface area contributed by atoms with Crippen LogP contribution in [0.3, 0.4) is 0 Å². The number of carboxylic acids is 1.